The third kappa shape index (κ3) is 16.0. The summed E-state index contributed by atoms with van der Waals surface area (Å²) in [5, 5.41) is 11.4. The molecule has 0 bridgehead atoms. The van der Waals surface area contributed by atoms with Gasteiger partial charge in [0.1, 0.15) is 40.0 Å². The maximum absolute atomic E-state index is 6.33. The molecule has 5 aliphatic rings. The lowest BCUT2D eigenvalue weighted by atomic mass is 9.88. The van der Waals surface area contributed by atoms with Crippen LogP contribution in [0.5, 0.6) is 5.75 Å². The summed E-state index contributed by atoms with van der Waals surface area (Å²) in [5.74, 6) is 7.28. The molecule has 15 aromatic carbocycles. The Balaban J connectivity index is 0.000000113. The normalized spacial score (nSPS) is 15.9. The maximum atomic E-state index is 6.33. The highest BCUT2D eigenvalue weighted by Crippen LogP contribution is 2.48. The van der Waals surface area contributed by atoms with Crippen LogP contribution in [0.3, 0.4) is 0 Å². The van der Waals surface area contributed by atoms with Gasteiger partial charge in [-0.1, -0.05) is 383 Å². The van der Waals surface area contributed by atoms with Crippen LogP contribution in [0, 0.1) is 0 Å². The molecule has 0 spiro atoms. The SMILES string of the molecule is C1=CC(c2nc(-c3ccc(-c4ccc5ccccc5c4)cc3)nc(-c3cccc4oc5ccccc5c34)n2)=CCC1.C=CC1=CCC(c2nc(C3=CCC(c4ccc5ccccc5c4)C=C3)nc(-c3cccc4c3C3C=CC=CC3O4)n2)C=C1C=C.c1ccc(-c2ccc(-c3ccc(-c4nc(-c5ccc6ccccc6c5)nc(-c5cccc6oc7ccccc7c56)n4)cc3)cc2)cc1. The Kier molecular flexibility index (Phi) is 21.3. The van der Waals surface area contributed by atoms with E-state index >= 15 is 0 Å². The Hall–Kier alpha value is -17.1. The van der Waals surface area contributed by atoms with Gasteiger partial charge in [0.25, 0.3) is 0 Å². The number of ether oxygens (including phenoxy) is 1. The second-order valence-electron chi connectivity index (χ2n) is 34.0. The van der Waals surface area contributed by atoms with Crippen LogP contribution in [0.25, 0.3) is 189 Å². The van der Waals surface area contributed by atoms with Crippen LogP contribution in [-0.2, 0) is 0 Å². The number of hydrogen-bond donors (Lipinski definition) is 0. The quantitative estimate of drug-likeness (QED) is 0.0960. The monoisotopic (exact) mass is 1710 g/mol. The standard InChI is InChI=1S/C43H27N3O.C41H33N3O.C37H25N3O/c1-2-9-28(10-3-1)30-17-19-31(20-18-30)32-21-24-33(25-22-32)41-44-42(35-26-23-29-11-4-5-12-34(29)27-35)46-43(45-41)37-14-8-16-39-40(37)36-13-6-7-15-38(36)47-39;1-3-26-16-23-33(24-27(26)4-2)40-42-39(30-20-17-29(18-21-30)32-22-19-28-10-5-6-11-31(28)25-32)43-41(44-40)35-13-9-15-37-38(35)34-12-7-8-14-36(34)45-37;1-2-10-26(11-3-1)35-38-36(27-20-17-25(18-21-27)29-22-19-24-9-4-5-12-28(24)23-29)40-37(39-35)31-14-8-16-33-34(31)30-13-6-7-15-32(30)41-33/h1-27H;3-17,19-22,24-25,29,33-34,36H,1-2,18,23H2;2,4-23H,1,3H2. The first-order chi connectivity index (χ1) is 65.7. The van der Waals surface area contributed by atoms with Crippen molar-refractivity contribution in [2.24, 2.45) is 0 Å². The van der Waals surface area contributed by atoms with Crippen LogP contribution < -0.4 is 4.74 Å². The van der Waals surface area contributed by atoms with E-state index in [9.17, 15) is 0 Å². The summed E-state index contributed by atoms with van der Waals surface area (Å²) in [6.45, 7) is 8.02. The number of fused-ring (bicyclic) bond motifs is 12. The molecule has 632 valence electrons. The van der Waals surface area contributed by atoms with Crippen LogP contribution in [0.15, 0.2) is 452 Å². The summed E-state index contributed by atoms with van der Waals surface area (Å²) in [6, 6.07) is 116. The summed E-state index contributed by atoms with van der Waals surface area (Å²) in [7, 11) is 0. The van der Waals surface area contributed by atoms with Gasteiger partial charge in [-0.2, -0.15) is 0 Å². The molecule has 5 aromatic heterocycles. The van der Waals surface area contributed by atoms with Crippen LogP contribution in [-0.4, -0.2) is 51.0 Å². The number of aromatic nitrogens is 9. The van der Waals surface area contributed by atoms with Crippen molar-refractivity contribution in [2.45, 2.75) is 49.5 Å². The van der Waals surface area contributed by atoms with Gasteiger partial charge in [0.2, 0.25) is 0 Å². The van der Waals surface area contributed by atoms with Gasteiger partial charge in [-0.15, -0.1) is 0 Å². The molecule has 4 atom stereocenters. The van der Waals surface area contributed by atoms with Gasteiger partial charge < -0.3 is 13.6 Å². The molecule has 4 aliphatic carbocycles. The number of hydrogen-bond acceptors (Lipinski definition) is 12. The Morgan fingerprint density at radius 2 is 0.744 bits per heavy atom. The average Bonchev–Trinajstić information content (AvgIpc) is 1.64. The van der Waals surface area contributed by atoms with Gasteiger partial charge in [0, 0.05) is 89.4 Å². The molecule has 0 fully saturated rings. The van der Waals surface area contributed by atoms with E-state index < -0.39 is 0 Å². The predicted octanol–water partition coefficient (Wildman–Crippen LogP) is 30.4. The zero-order valence-electron chi connectivity index (χ0n) is 72.6. The van der Waals surface area contributed by atoms with Gasteiger partial charge in [-0.25, -0.2) is 44.9 Å². The molecule has 6 heterocycles. The first kappa shape index (κ1) is 80.5. The van der Waals surface area contributed by atoms with Crippen molar-refractivity contribution < 1.29 is 13.6 Å². The lowest BCUT2D eigenvalue weighted by molar-refractivity contribution is 0.269. The van der Waals surface area contributed by atoms with Crippen LogP contribution in [0.2, 0.25) is 0 Å². The van der Waals surface area contributed by atoms with E-state index in [1.54, 1.807) is 0 Å². The van der Waals surface area contributed by atoms with Crippen molar-refractivity contribution in [2.75, 3.05) is 0 Å². The van der Waals surface area contributed by atoms with Crippen molar-refractivity contribution in [3.8, 4) is 107 Å². The highest BCUT2D eigenvalue weighted by atomic mass is 16.5. The molecule has 0 N–H and O–H groups in total. The van der Waals surface area contributed by atoms with Crippen molar-refractivity contribution in [3.05, 3.63) is 472 Å². The minimum Gasteiger partial charge on any atom is -0.485 e. The van der Waals surface area contributed by atoms with Crippen LogP contribution in [0.4, 0.5) is 0 Å². The molecule has 0 saturated carbocycles. The summed E-state index contributed by atoms with van der Waals surface area (Å²) in [4.78, 5) is 45.6. The maximum Gasteiger partial charge on any atom is 0.164 e. The van der Waals surface area contributed by atoms with Gasteiger partial charge in [0.05, 0.1) is 0 Å². The van der Waals surface area contributed by atoms with E-state index in [0.29, 0.717) is 52.5 Å². The molecule has 0 radical (unpaired) electrons. The molecule has 25 rings (SSSR count). The van der Waals surface area contributed by atoms with Gasteiger partial charge in [-0.3, -0.25) is 0 Å². The van der Waals surface area contributed by atoms with E-state index in [2.05, 4.69) is 341 Å². The van der Waals surface area contributed by atoms with E-state index in [1.165, 1.54) is 49.2 Å². The van der Waals surface area contributed by atoms with Gasteiger partial charge >= 0.3 is 0 Å². The molecule has 0 saturated heterocycles. The molecule has 12 heteroatoms. The van der Waals surface area contributed by atoms with Gasteiger partial charge in [-0.05, 0) is 157 Å². The first-order valence-electron chi connectivity index (χ1n) is 45.3. The predicted molar refractivity (Wildman–Crippen MR) is 542 cm³/mol. The summed E-state index contributed by atoms with van der Waals surface area (Å²) in [5.41, 5.74) is 22.6. The molecule has 20 aromatic rings. The fraction of sp³-hybridized carbons (Fsp3) is 0.0661. The van der Waals surface area contributed by atoms with Crippen LogP contribution >= 0.6 is 0 Å². The first-order valence-corrected chi connectivity index (χ1v) is 45.3. The van der Waals surface area contributed by atoms with Gasteiger partial charge in [0.15, 0.2) is 46.6 Å². The van der Waals surface area contributed by atoms with Crippen LogP contribution in [0.1, 0.15) is 72.0 Å². The number of allylic oxidation sites excluding steroid dienone is 16. The Bertz CT molecular complexity index is 8290. The van der Waals surface area contributed by atoms with Crippen molar-refractivity contribution >= 4 is 87.3 Å². The number of para-hydroxylation sites is 2. The van der Waals surface area contributed by atoms with E-state index in [0.717, 1.165) is 164 Å². The van der Waals surface area contributed by atoms with E-state index in [-0.39, 0.29) is 17.9 Å². The lowest BCUT2D eigenvalue weighted by Gasteiger charge is -2.21. The zero-order chi connectivity index (χ0) is 88.7. The minimum atomic E-state index is -0.0122. The summed E-state index contributed by atoms with van der Waals surface area (Å²) < 4.78 is 18.7. The smallest absolute Gasteiger partial charge is 0.164 e. The number of benzene rings is 15. The Morgan fingerprint density at radius 3 is 1.34 bits per heavy atom. The number of nitrogens with zero attached hydrogens (tertiary/aromatic N) is 9. The van der Waals surface area contributed by atoms with Crippen molar-refractivity contribution in [1.82, 2.24) is 44.9 Å². The fourth-order valence-electron chi connectivity index (χ4n) is 18.9. The average molecular weight is 1710 g/mol. The van der Waals surface area contributed by atoms with Crippen molar-refractivity contribution in [3.63, 3.8) is 0 Å². The van der Waals surface area contributed by atoms with E-state index in [4.69, 9.17) is 58.4 Å². The Labute approximate surface area is 769 Å². The third-order valence-corrected chi connectivity index (χ3v) is 25.8. The highest BCUT2D eigenvalue weighted by Gasteiger charge is 2.36. The summed E-state index contributed by atoms with van der Waals surface area (Å²) >= 11 is 0. The molecular weight excluding hydrogens is 1630 g/mol. The Morgan fingerprint density at radius 1 is 0.301 bits per heavy atom. The molecule has 1 aliphatic heterocycles. The lowest BCUT2D eigenvalue weighted by Crippen LogP contribution is -2.16. The number of rotatable bonds is 15. The van der Waals surface area contributed by atoms with E-state index in [1.807, 2.05) is 91.0 Å². The molecule has 0 amide bonds. The fourth-order valence-corrected chi connectivity index (χ4v) is 18.9. The minimum absolute atomic E-state index is 0.000938. The second kappa shape index (κ2) is 35.2. The second-order valence-corrected chi connectivity index (χ2v) is 34.0. The largest absolute Gasteiger partial charge is 0.485 e. The number of furan rings is 2. The molecule has 133 heavy (non-hydrogen) atoms. The molecular formula is C121H85N9O3. The summed E-state index contributed by atoms with van der Waals surface area (Å²) in [6.07, 6.45) is 33.6. The molecule has 12 nitrogen and oxygen atoms in total. The zero-order valence-corrected chi connectivity index (χ0v) is 72.6. The molecule has 4 unspecified atom stereocenters. The topological polar surface area (TPSA) is 152 Å². The van der Waals surface area contributed by atoms with Crippen molar-refractivity contribution in [1.29, 1.82) is 0 Å². The third-order valence-electron chi connectivity index (χ3n) is 25.8. The highest BCUT2D eigenvalue weighted by molar-refractivity contribution is 6.13.